The van der Waals surface area contributed by atoms with Crippen LogP contribution in [0.5, 0.6) is 5.75 Å². The van der Waals surface area contributed by atoms with Crippen molar-refractivity contribution in [2.24, 2.45) is 0 Å². The summed E-state index contributed by atoms with van der Waals surface area (Å²) in [7, 11) is 1.54. The number of nitrogens with zero attached hydrogens (tertiary/aromatic N) is 1. The van der Waals surface area contributed by atoms with Crippen LogP contribution in [0.1, 0.15) is 29.8 Å². The molecule has 0 radical (unpaired) electrons. The van der Waals surface area contributed by atoms with Gasteiger partial charge in [-0.2, -0.15) is 0 Å². The molecule has 1 saturated heterocycles. The van der Waals surface area contributed by atoms with Gasteiger partial charge in [-0.15, -0.1) is 0 Å². The number of rotatable bonds is 2. The number of hydrogen-bond acceptors (Lipinski definition) is 3. The summed E-state index contributed by atoms with van der Waals surface area (Å²) in [6.45, 7) is 6.39. The van der Waals surface area contributed by atoms with Crippen molar-refractivity contribution in [2.75, 3.05) is 20.2 Å². The smallest absolute Gasteiger partial charge is 0.258 e. The molecule has 0 saturated carbocycles. The average Bonchev–Trinajstić information content (AvgIpc) is 2.41. The monoisotopic (exact) mass is 276 g/mol. The molecule has 2 rings (SSSR count). The van der Waals surface area contributed by atoms with E-state index in [2.05, 4.69) is 5.32 Å². The molecule has 0 bridgehead atoms. The lowest BCUT2D eigenvalue weighted by molar-refractivity contribution is -0.133. The molecule has 1 aromatic rings. The molecule has 108 valence electrons. The zero-order valence-corrected chi connectivity index (χ0v) is 12.3. The minimum atomic E-state index is -0.857. The maximum absolute atomic E-state index is 12.8. The van der Waals surface area contributed by atoms with E-state index >= 15 is 0 Å². The first-order valence-electron chi connectivity index (χ1n) is 6.63. The van der Waals surface area contributed by atoms with Crippen LogP contribution in [0.3, 0.4) is 0 Å². The zero-order valence-electron chi connectivity index (χ0n) is 12.3. The fourth-order valence-electron chi connectivity index (χ4n) is 2.39. The highest BCUT2D eigenvalue weighted by Gasteiger charge is 2.41. The number of hydrogen-bond donors (Lipinski definition) is 1. The van der Waals surface area contributed by atoms with E-state index in [1.54, 1.807) is 30.9 Å². The molecule has 0 aliphatic carbocycles. The van der Waals surface area contributed by atoms with Gasteiger partial charge < -0.3 is 15.0 Å². The summed E-state index contributed by atoms with van der Waals surface area (Å²) in [5.74, 6) is 0.219. The topological polar surface area (TPSA) is 58.6 Å². The molecule has 0 spiro atoms. The molecule has 0 aromatic heterocycles. The lowest BCUT2D eigenvalue weighted by atomic mass is 9.97. The molecule has 1 aliphatic rings. The van der Waals surface area contributed by atoms with Crippen LogP contribution >= 0.6 is 0 Å². The third-order valence-corrected chi connectivity index (χ3v) is 3.68. The van der Waals surface area contributed by atoms with Crippen molar-refractivity contribution in [3.63, 3.8) is 0 Å². The highest BCUT2D eigenvalue weighted by Crippen LogP contribution is 2.26. The van der Waals surface area contributed by atoms with Crippen LogP contribution in [0.2, 0.25) is 0 Å². The fraction of sp³-hybridized carbons (Fsp3) is 0.467. The van der Waals surface area contributed by atoms with E-state index in [0.717, 1.165) is 5.56 Å². The number of ether oxygens (including phenoxy) is 1. The van der Waals surface area contributed by atoms with E-state index in [1.807, 2.05) is 13.0 Å². The Labute approximate surface area is 118 Å². The molecule has 5 heteroatoms. The number of carbonyl (C=O) groups excluding carboxylic acids is 2. The van der Waals surface area contributed by atoms with Crippen LogP contribution in [-0.4, -0.2) is 42.5 Å². The minimum Gasteiger partial charge on any atom is -0.496 e. The summed E-state index contributed by atoms with van der Waals surface area (Å²) < 4.78 is 5.26. The maximum atomic E-state index is 12.8. The Bertz CT molecular complexity index is 552. The van der Waals surface area contributed by atoms with Crippen LogP contribution < -0.4 is 10.1 Å². The summed E-state index contributed by atoms with van der Waals surface area (Å²) in [4.78, 5) is 26.3. The molecular formula is C15H20N2O3. The van der Waals surface area contributed by atoms with Crippen LogP contribution in [0.15, 0.2) is 18.2 Å². The van der Waals surface area contributed by atoms with Crippen molar-refractivity contribution in [3.8, 4) is 5.75 Å². The number of piperazine rings is 1. The summed E-state index contributed by atoms with van der Waals surface area (Å²) >= 11 is 0. The number of amides is 2. The zero-order chi connectivity index (χ0) is 14.9. The molecule has 0 atom stereocenters. The highest BCUT2D eigenvalue weighted by atomic mass is 16.5. The molecule has 1 N–H and O–H groups in total. The van der Waals surface area contributed by atoms with Crippen molar-refractivity contribution in [3.05, 3.63) is 29.3 Å². The first-order valence-corrected chi connectivity index (χ1v) is 6.63. The average molecular weight is 276 g/mol. The maximum Gasteiger partial charge on any atom is 0.258 e. The molecule has 1 fully saturated rings. The van der Waals surface area contributed by atoms with Gasteiger partial charge in [-0.1, -0.05) is 11.6 Å². The van der Waals surface area contributed by atoms with E-state index in [4.69, 9.17) is 4.74 Å². The second-order valence-corrected chi connectivity index (χ2v) is 5.48. The Morgan fingerprint density at radius 3 is 2.75 bits per heavy atom. The van der Waals surface area contributed by atoms with E-state index < -0.39 is 5.54 Å². The van der Waals surface area contributed by atoms with Gasteiger partial charge in [-0.25, -0.2) is 0 Å². The van der Waals surface area contributed by atoms with Gasteiger partial charge in [-0.05, 0) is 32.9 Å². The summed E-state index contributed by atoms with van der Waals surface area (Å²) in [5.41, 5.74) is 0.619. The molecule has 1 aromatic carbocycles. The standard InChI is InChI=1S/C15H20N2O3/c1-10-5-6-12(20-4)11(9-10)13(18)17-8-7-16-14(19)15(17,2)3/h5-6,9H,7-8H2,1-4H3,(H,16,19). The molecule has 1 heterocycles. The molecular weight excluding hydrogens is 256 g/mol. The van der Waals surface area contributed by atoms with Gasteiger partial charge in [0.05, 0.1) is 12.7 Å². The summed E-state index contributed by atoms with van der Waals surface area (Å²) in [5, 5.41) is 2.78. The Balaban J connectivity index is 2.40. The van der Waals surface area contributed by atoms with Crippen LogP contribution in [0.25, 0.3) is 0 Å². The second-order valence-electron chi connectivity index (χ2n) is 5.48. The Morgan fingerprint density at radius 1 is 1.40 bits per heavy atom. The molecule has 1 aliphatic heterocycles. The lowest BCUT2D eigenvalue weighted by Crippen LogP contribution is -2.63. The lowest BCUT2D eigenvalue weighted by Gasteiger charge is -2.41. The Kier molecular flexibility index (Phi) is 3.70. The van der Waals surface area contributed by atoms with Crippen molar-refractivity contribution in [1.29, 1.82) is 0 Å². The predicted molar refractivity (Wildman–Crippen MR) is 75.9 cm³/mol. The van der Waals surface area contributed by atoms with Crippen molar-refractivity contribution in [1.82, 2.24) is 10.2 Å². The normalized spacial score (nSPS) is 17.6. The molecule has 2 amide bonds. The second kappa shape index (κ2) is 5.15. The number of methoxy groups -OCH3 is 1. The third kappa shape index (κ3) is 2.35. The van der Waals surface area contributed by atoms with E-state index in [1.165, 1.54) is 7.11 Å². The van der Waals surface area contributed by atoms with Gasteiger partial charge in [0.1, 0.15) is 11.3 Å². The minimum absolute atomic E-state index is 0.135. The molecule has 20 heavy (non-hydrogen) atoms. The fourth-order valence-corrected chi connectivity index (χ4v) is 2.39. The van der Waals surface area contributed by atoms with Crippen LogP contribution in [0, 0.1) is 6.92 Å². The number of nitrogens with one attached hydrogen (secondary N) is 1. The first kappa shape index (κ1) is 14.4. The van der Waals surface area contributed by atoms with Gasteiger partial charge in [-0.3, -0.25) is 9.59 Å². The SMILES string of the molecule is COc1ccc(C)cc1C(=O)N1CCNC(=O)C1(C)C. The Hall–Kier alpha value is -2.04. The largest absolute Gasteiger partial charge is 0.496 e. The molecule has 5 nitrogen and oxygen atoms in total. The number of benzene rings is 1. The van der Waals surface area contributed by atoms with Gasteiger partial charge in [0.25, 0.3) is 5.91 Å². The van der Waals surface area contributed by atoms with Crippen molar-refractivity contribution in [2.45, 2.75) is 26.3 Å². The molecule has 0 unspecified atom stereocenters. The van der Waals surface area contributed by atoms with Crippen LogP contribution in [-0.2, 0) is 4.79 Å². The summed E-state index contributed by atoms with van der Waals surface area (Å²) in [6, 6.07) is 5.47. The number of carbonyl (C=O) groups is 2. The van der Waals surface area contributed by atoms with Crippen molar-refractivity contribution >= 4 is 11.8 Å². The van der Waals surface area contributed by atoms with E-state index in [9.17, 15) is 9.59 Å². The highest BCUT2D eigenvalue weighted by molar-refractivity contribution is 6.01. The first-order chi connectivity index (χ1) is 9.37. The van der Waals surface area contributed by atoms with Gasteiger partial charge in [0.2, 0.25) is 5.91 Å². The van der Waals surface area contributed by atoms with E-state index in [-0.39, 0.29) is 11.8 Å². The quantitative estimate of drug-likeness (QED) is 0.887. The van der Waals surface area contributed by atoms with Crippen LogP contribution in [0.4, 0.5) is 0 Å². The Morgan fingerprint density at radius 2 is 2.10 bits per heavy atom. The van der Waals surface area contributed by atoms with Gasteiger partial charge in [0, 0.05) is 13.1 Å². The van der Waals surface area contributed by atoms with Gasteiger partial charge in [0.15, 0.2) is 0 Å². The summed E-state index contributed by atoms with van der Waals surface area (Å²) in [6.07, 6.45) is 0. The van der Waals surface area contributed by atoms with Crippen molar-refractivity contribution < 1.29 is 14.3 Å². The third-order valence-electron chi connectivity index (χ3n) is 3.68. The van der Waals surface area contributed by atoms with E-state index in [0.29, 0.717) is 24.4 Å². The number of aryl methyl sites for hydroxylation is 1. The predicted octanol–water partition coefficient (Wildman–Crippen LogP) is 1.35. The van der Waals surface area contributed by atoms with Gasteiger partial charge >= 0.3 is 0 Å².